The summed E-state index contributed by atoms with van der Waals surface area (Å²) < 4.78 is 24.0. The molecule has 2 amide bonds. The van der Waals surface area contributed by atoms with Gasteiger partial charge in [0.25, 0.3) is 0 Å². The number of anilines is 1. The van der Waals surface area contributed by atoms with Gasteiger partial charge >= 0.3 is 0 Å². The van der Waals surface area contributed by atoms with Crippen LogP contribution in [0.4, 0.5) is 5.13 Å². The van der Waals surface area contributed by atoms with Crippen LogP contribution in [0.5, 0.6) is 0 Å². The third-order valence-electron chi connectivity index (χ3n) is 3.24. The Balaban J connectivity index is 1.75. The molecule has 1 aromatic carbocycles. The van der Waals surface area contributed by atoms with Crippen LogP contribution in [-0.2, 0) is 26.2 Å². The molecule has 27 heavy (non-hydrogen) atoms. The lowest BCUT2D eigenvalue weighted by molar-refractivity contribution is -0.118. The first-order valence-corrected chi connectivity index (χ1v) is 11.4. The fourth-order valence-electron chi connectivity index (χ4n) is 1.77. The molecule has 0 saturated heterocycles. The Morgan fingerprint density at radius 3 is 2.56 bits per heavy atom. The average molecular weight is 430 g/mol. The van der Waals surface area contributed by atoms with Crippen LogP contribution in [0.3, 0.4) is 0 Å². The first-order valence-electron chi connectivity index (χ1n) is 7.72. The standard InChI is InChI=1S/C15H19N5O4S3/c1-20(27(2,23)24)9-12(21)17-14-18-19-15(26-14)25-10-13(22)16-8-11-6-4-3-5-7-11/h3-7H,8-10H2,1-2H3,(H,16,22)(H,17,18,21). The molecule has 1 aromatic heterocycles. The van der Waals surface area contributed by atoms with E-state index in [1.807, 2.05) is 30.3 Å². The lowest BCUT2D eigenvalue weighted by Crippen LogP contribution is -2.34. The third-order valence-corrected chi connectivity index (χ3v) is 6.48. The van der Waals surface area contributed by atoms with Gasteiger partial charge in [-0.3, -0.25) is 14.9 Å². The quantitative estimate of drug-likeness (QED) is 0.446. The summed E-state index contributed by atoms with van der Waals surface area (Å²) in [7, 11) is -2.13. The van der Waals surface area contributed by atoms with E-state index >= 15 is 0 Å². The Hall–Kier alpha value is -2.02. The van der Waals surface area contributed by atoms with Gasteiger partial charge in [0.2, 0.25) is 27.0 Å². The number of hydrogen-bond donors (Lipinski definition) is 2. The average Bonchev–Trinajstić information content (AvgIpc) is 3.05. The zero-order valence-corrected chi connectivity index (χ0v) is 17.2. The highest BCUT2D eigenvalue weighted by Gasteiger charge is 2.16. The summed E-state index contributed by atoms with van der Waals surface area (Å²) >= 11 is 2.32. The van der Waals surface area contributed by atoms with E-state index in [1.54, 1.807) is 0 Å². The predicted molar refractivity (Wildman–Crippen MR) is 105 cm³/mol. The molecule has 0 radical (unpaired) electrons. The summed E-state index contributed by atoms with van der Waals surface area (Å²) in [6, 6.07) is 9.57. The maximum absolute atomic E-state index is 11.9. The van der Waals surface area contributed by atoms with Crippen molar-refractivity contribution < 1.29 is 18.0 Å². The number of amides is 2. The van der Waals surface area contributed by atoms with E-state index < -0.39 is 15.9 Å². The summed E-state index contributed by atoms with van der Waals surface area (Å²) in [5, 5.41) is 13.2. The molecule has 9 nitrogen and oxygen atoms in total. The minimum absolute atomic E-state index is 0.139. The van der Waals surface area contributed by atoms with Gasteiger partial charge in [-0.15, -0.1) is 10.2 Å². The number of rotatable bonds is 9. The summed E-state index contributed by atoms with van der Waals surface area (Å²) in [5.41, 5.74) is 1.01. The maximum atomic E-state index is 11.9. The van der Waals surface area contributed by atoms with E-state index in [0.29, 0.717) is 10.9 Å². The van der Waals surface area contributed by atoms with Crippen LogP contribution in [0, 0.1) is 0 Å². The van der Waals surface area contributed by atoms with Crippen molar-refractivity contribution in [3.05, 3.63) is 35.9 Å². The highest BCUT2D eigenvalue weighted by Crippen LogP contribution is 2.25. The molecular formula is C15H19N5O4S3. The van der Waals surface area contributed by atoms with E-state index in [1.165, 1.54) is 18.8 Å². The van der Waals surface area contributed by atoms with Gasteiger partial charge in [-0.2, -0.15) is 4.31 Å². The van der Waals surface area contributed by atoms with Crippen LogP contribution >= 0.6 is 23.1 Å². The molecule has 0 saturated carbocycles. The predicted octanol–water partition coefficient (Wildman–Crippen LogP) is 0.776. The number of thioether (sulfide) groups is 1. The van der Waals surface area contributed by atoms with Gasteiger partial charge in [0.05, 0.1) is 18.6 Å². The second kappa shape index (κ2) is 9.78. The molecule has 12 heteroatoms. The molecule has 0 aliphatic rings. The van der Waals surface area contributed by atoms with Crippen LogP contribution in [0.15, 0.2) is 34.7 Å². The first-order chi connectivity index (χ1) is 12.7. The van der Waals surface area contributed by atoms with Gasteiger partial charge in [-0.1, -0.05) is 53.4 Å². The van der Waals surface area contributed by atoms with Gasteiger partial charge in [-0.25, -0.2) is 8.42 Å². The van der Waals surface area contributed by atoms with E-state index in [9.17, 15) is 18.0 Å². The molecule has 0 spiro atoms. The van der Waals surface area contributed by atoms with Crippen LogP contribution < -0.4 is 10.6 Å². The Bertz CT molecular complexity index is 886. The normalized spacial score (nSPS) is 11.4. The molecule has 146 valence electrons. The molecule has 1 heterocycles. The van der Waals surface area contributed by atoms with E-state index in [2.05, 4.69) is 20.8 Å². The molecule has 2 aromatic rings. The topological polar surface area (TPSA) is 121 Å². The number of nitrogens with one attached hydrogen (secondary N) is 2. The van der Waals surface area contributed by atoms with Crippen LogP contribution in [0.2, 0.25) is 0 Å². The maximum Gasteiger partial charge on any atom is 0.241 e. The van der Waals surface area contributed by atoms with E-state index in [0.717, 1.165) is 27.5 Å². The molecular weight excluding hydrogens is 410 g/mol. The Morgan fingerprint density at radius 2 is 1.89 bits per heavy atom. The lowest BCUT2D eigenvalue weighted by atomic mass is 10.2. The van der Waals surface area contributed by atoms with Crippen molar-refractivity contribution in [2.45, 2.75) is 10.9 Å². The molecule has 0 unspecified atom stereocenters. The third kappa shape index (κ3) is 7.62. The van der Waals surface area contributed by atoms with Crippen molar-refractivity contribution in [3.63, 3.8) is 0 Å². The summed E-state index contributed by atoms with van der Waals surface area (Å²) in [5.74, 6) is -0.484. The summed E-state index contributed by atoms with van der Waals surface area (Å²) in [6.07, 6.45) is 1.02. The van der Waals surface area contributed by atoms with Crippen molar-refractivity contribution in [2.75, 3.05) is 30.9 Å². The SMILES string of the molecule is CN(CC(=O)Nc1nnc(SCC(=O)NCc2ccccc2)s1)S(C)(=O)=O. The van der Waals surface area contributed by atoms with Gasteiger partial charge in [-0.05, 0) is 5.56 Å². The minimum atomic E-state index is -3.44. The van der Waals surface area contributed by atoms with Crippen molar-refractivity contribution in [1.82, 2.24) is 19.8 Å². The molecule has 2 rings (SSSR count). The number of likely N-dealkylation sites (N-methyl/N-ethyl adjacent to an activating group) is 1. The van der Waals surface area contributed by atoms with Crippen molar-refractivity contribution in [2.24, 2.45) is 0 Å². The highest BCUT2D eigenvalue weighted by molar-refractivity contribution is 8.01. The van der Waals surface area contributed by atoms with Crippen LogP contribution in [-0.4, -0.2) is 60.3 Å². The zero-order valence-electron chi connectivity index (χ0n) is 14.7. The fraction of sp³-hybridized carbons (Fsp3) is 0.333. The zero-order chi connectivity index (χ0) is 19.9. The van der Waals surface area contributed by atoms with Gasteiger partial charge in [0.1, 0.15) is 0 Å². The minimum Gasteiger partial charge on any atom is -0.351 e. The van der Waals surface area contributed by atoms with Crippen LogP contribution in [0.25, 0.3) is 0 Å². The van der Waals surface area contributed by atoms with E-state index in [-0.39, 0.29) is 23.3 Å². The number of sulfonamides is 1. The van der Waals surface area contributed by atoms with E-state index in [4.69, 9.17) is 0 Å². The molecule has 0 atom stereocenters. The van der Waals surface area contributed by atoms with Crippen molar-refractivity contribution >= 4 is 50.1 Å². The molecule has 0 aliphatic carbocycles. The largest absolute Gasteiger partial charge is 0.351 e. The highest BCUT2D eigenvalue weighted by atomic mass is 32.2. The number of carbonyl (C=O) groups excluding carboxylic acids is 2. The van der Waals surface area contributed by atoms with Gasteiger partial charge < -0.3 is 5.32 Å². The molecule has 0 aliphatic heterocycles. The first kappa shape index (κ1) is 21.3. The van der Waals surface area contributed by atoms with Crippen molar-refractivity contribution in [3.8, 4) is 0 Å². The lowest BCUT2D eigenvalue weighted by Gasteiger charge is -2.12. The molecule has 0 fully saturated rings. The van der Waals surface area contributed by atoms with Gasteiger partial charge in [0.15, 0.2) is 4.34 Å². The Morgan fingerprint density at radius 1 is 1.19 bits per heavy atom. The number of benzene rings is 1. The number of nitrogens with zero attached hydrogens (tertiary/aromatic N) is 3. The Labute approximate surface area is 165 Å². The molecule has 0 bridgehead atoms. The number of aromatic nitrogens is 2. The second-order valence-electron chi connectivity index (χ2n) is 5.49. The second-order valence-corrected chi connectivity index (χ2v) is 9.78. The summed E-state index contributed by atoms with van der Waals surface area (Å²) in [6.45, 7) is 0.133. The monoisotopic (exact) mass is 429 g/mol. The molecule has 2 N–H and O–H groups in total. The van der Waals surface area contributed by atoms with Crippen molar-refractivity contribution in [1.29, 1.82) is 0 Å². The fourth-order valence-corrected chi connectivity index (χ4v) is 3.72. The smallest absolute Gasteiger partial charge is 0.241 e. The van der Waals surface area contributed by atoms with Crippen LogP contribution in [0.1, 0.15) is 5.56 Å². The van der Waals surface area contributed by atoms with Gasteiger partial charge in [0, 0.05) is 13.6 Å². The number of carbonyl (C=O) groups is 2. The number of hydrogen-bond acceptors (Lipinski definition) is 8. The Kier molecular flexibility index (Phi) is 7.71. The summed E-state index contributed by atoms with van der Waals surface area (Å²) in [4.78, 5) is 23.7.